The van der Waals surface area contributed by atoms with E-state index in [-0.39, 0.29) is 36.0 Å². The second-order valence-electron chi connectivity index (χ2n) is 6.38. The fraction of sp³-hybridized carbons (Fsp3) is 0.300. The molecule has 6 nitrogen and oxygen atoms in total. The Morgan fingerprint density at radius 3 is 2.50 bits per heavy atom. The Morgan fingerprint density at radius 1 is 1.11 bits per heavy atom. The number of ketones is 1. The number of nitrogens with zero attached hydrogens (tertiary/aromatic N) is 2. The normalized spacial score (nSPS) is 14.0. The molecule has 0 aliphatic carbocycles. The predicted molar refractivity (Wildman–Crippen MR) is 100 cm³/mol. The Kier molecular flexibility index (Phi) is 6.33. The van der Waals surface area contributed by atoms with Crippen LogP contribution in [-0.2, 0) is 11.3 Å². The zero-order valence-electron chi connectivity index (χ0n) is 15.2. The largest absolute Gasteiger partial charge is 0.378 e. The quantitative estimate of drug-likeness (QED) is 0.798. The number of anilines is 1. The van der Waals surface area contributed by atoms with Crippen molar-refractivity contribution in [2.75, 3.05) is 37.7 Å². The number of urea groups is 1. The van der Waals surface area contributed by atoms with Crippen LogP contribution in [0.25, 0.3) is 0 Å². The van der Waals surface area contributed by atoms with Gasteiger partial charge in [0, 0.05) is 29.9 Å². The van der Waals surface area contributed by atoms with Crippen LogP contribution in [0.5, 0.6) is 0 Å². The van der Waals surface area contributed by atoms with Crippen LogP contribution in [0, 0.1) is 11.6 Å². The second kappa shape index (κ2) is 8.90. The van der Waals surface area contributed by atoms with E-state index in [4.69, 9.17) is 10.5 Å². The number of Topliss-reactive ketones (excluding diaryl/α,β-unsaturated/α-hetero) is 1. The first-order valence-electron chi connectivity index (χ1n) is 8.91. The minimum absolute atomic E-state index is 0.109. The minimum Gasteiger partial charge on any atom is -0.378 e. The van der Waals surface area contributed by atoms with Crippen LogP contribution in [0.15, 0.2) is 42.5 Å². The Hall–Kier alpha value is -2.84. The van der Waals surface area contributed by atoms with E-state index >= 15 is 0 Å². The van der Waals surface area contributed by atoms with Gasteiger partial charge in [0.1, 0.15) is 11.6 Å². The molecule has 0 atom stereocenters. The average Bonchev–Trinajstić information content (AvgIpc) is 2.72. The Labute approximate surface area is 161 Å². The fourth-order valence-electron chi connectivity index (χ4n) is 2.98. The van der Waals surface area contributed by atoms with E-state index < -0.39 is 11.6 Å². The van der Waals surface area contributed by atoms with Crippen molar-refractivity contribution in [2.24, 2.45) is 5.73 Å². The smallest absolute Gasteiger partial charge is 0.324 e. The number of hydrogen-bond donors (Lipinski definition) is 1. The summed E-state index contributed by atoms with van der Waals surface area (Å²) in [6.45, 7) is 1.29. The number of halogens is 2. The van der Waals surface area contributed by atoms with Crippen LogP contribution < -0.4 is 10.6 Å². The lowest BCUT2D eigenvalue weighted by molar-refractivity contribution is 0.0548. The fourth-order valence-corrected chi connectivity index (χ4v) is 2.98. The van der Waals surface area contributed by atoms with Gasteiger partial charge in [0.05, 0.1) is 26.3 Å². The first-order chi connectivity index (χ1) is 13.5. The number of carbonyl (C=O) groups is 2. The van der Waals surface area contributed by atoms with Gasteiger partial charge in [0.2, 0.25) is 0 Å². The maximum atomic E-state index is 14.6. The summed E-state index contributed by atoms with van der Waals surface area (Å²) in [5.41, 5.74) is 6.00. The van der Waals surface area contributed by atoms with E-state index in [0.717, 1.165) is 6.07 Å². The van der Waals surface area contributed by atoms with Crippen LogP contribution in [0.3, 0.4) is 0 Å². The molecule has 1 saturated heterocycles. The molecule has 1 fully saturated rings. The van der Waals surface area contributed by atoms with Crippen molar-refractivity contribution in [1.29, 1.82) is 0 Å². The highest BCUT2D eigenvalue weighted by atomic mass is 19.1. The van der Waals surface area contributed by atoms with E-state index in [2.05, 4.69) is 0 Å². The molecule has 28 heavy (non-hydrogen) atoms. The van der Waals surface area contributed by atoms with E-state index in [1.165, 1.54) is 35.2 Å². The molecule has 1 heterocycles. The summed E-state index contributed by atoms with van der Waals surface area (Å²) in [5, 5.41) is 0. The number of amides is 2. The topological polar surface area (TPSA) is 75.9 Å². The summed E-state index contributed by atoms with van der Waals surface area (Å²) < 4.78 is 33.6. The van der Waals surface area contributed by atoms with Crippen molar-refractivity contribution in [3.63, 3.8) is 0 Å². The molecule has 0 saturated carbocycles. The number of nitrogens with two attached hydrogens (primary N) is 1. The van der Waals surface area contributed by atoms with Crippen molar-refractivity contribution in [2.45, 2.75) is 6.54 Å². The predicted octanol–water partition coefficient (Wildman–Crippen LogP) is 2.57. The molecule has 0 aromatic heterocycles. The van der Waals surface area contributed by atoms with Crippen molar-refractivity contribution in [1.82, 2.24) is 4.90 Å². The maximum Gasteiger partial charge on any atom is 0.324 e. The number of benzene rings is 2. The van der Waals surface area contributed by atoms with Crippen LogP contribution in [0.4, 0.5) is 19.3 Å². The van der Waals surface area contributed by atoms with Gasteiger partial charge in [0.15, 0.2) is 5.78 Å². The molecule has 1 aliphatic heterocycles. The number of rotatable bonds is 5. The Bertz CT molecular complexity index is 870. The van der Waals surface area contributed by atoms with Crippen molar-refractivity contribution < 1.29 is 23.1 Å². The summed E-state index contributed by atoms with van der Waals surface area (Å²) in [6.07, 6.45) is 0. The number of morpholine rings is 1. The van der Waals surface area contributed by atoms with Crippen molar-refractivity contribution >= 4 is 17.5 Å². The molecule has 0 spiro atoms. The summed E-state index contributed by atoms with van der Waals surface area (Å²) in [6, 6.07) is 9.23. The molecule has 0 bridgehead atoms. The third-order valence-electron chi connectivity index (χ3n) is 4.52. The van der Waals surface area contributed by atoms with Crippen LogP contribution >= 0.6 is 0 Å². The zero-order chi connectivity index (χ0) is 20.1. The third kappa shape index (κ3) is 4.52. The van der Waals surface area contributed by atoms with Gasteiger partial charge < -0.3 is 15.4 Å². The van der Waals surface area contributed by atoms with E-state index in [1.807, 2.05) is 0 Å². The van der Waals surface area contributed by atoms with Gasteiger partial charge in [-0.2, -0.15) is 0 Å². The highest BCUT2D eigenvalue weighted by Crippen LogP contribution is 2.22. The summed E-state index contributed by atoms with van der Waals surface area (Å²) >= 11 is 0. The molecular formula is C20H21F2N3O3. The first-order valence-corrected chi connectivity index (χ1v) is 8.91. The molecule has 0 unspecified atom stereocenters. The van der Waals surface area contributed by atoms with Gasteiger partial charge in [-0.15, -0.1) is 0 Å². The van der Waals surface area contributed by atoms with Crippen LogP contribution in [-0.4, -0.2) is 49.6 Å². The number of carbonyl (C=O) groups excluding carboxylic acids is 2. The average molecular weight is 389 g/mol. The molecule has 1 aliphatic rings. The highest BCUT2D eigenvalue weighted by molar-refractivity contribution is 5.97. The first kappa shape index (κ1) is 19.9. The van der Waals surface area contributed by atoms with E-state index in [1.54, 1.807) is 11.0 Å². The molecule has 0 radical (unpaired) electrons. The van der Waals surface area contributed by atoms with E-state index in [0.29, 0.717) is 32.0 Å². The Morgan fingerprint density at radius 2 is 1.86 bits per heavy atom. The second-order valence-corrected chi connectivity index (χ2v) is 6.38. The molecule has 2 amide bonds. The van der Waals surface area contributed by atoms with Gasteiger partial charge in [-0.05, 0) is 24.3 Å². The van der Waals surface area contributed by atoms with Crippen molar-refractivity contribution in [3.8, 4) is 0 Å². The SMILES string of the molecule is NCC(=O)c1ccc(CN(C(=O)N2CCOCC2)c2cccc(F)c2)c(F)c1. The molecular weight excluding hydrogens is 368 g/mol. The molecule has 8 heteroatoms. The standard InChI is InChI=1S/C20H21F2N3O3/c21-16-2-1-3-17(11-16)25(20(27)24-6-8-28-9-7-24)13-15-5-4-14(10-18(15)22)19(26)12-23/h1-5,10-11H,6-9,12-13,23H2. The van der Waals surface area contributed by atoms with Crippen molar-refractivity contribution in [3.05, 3.63) is 65.2 Å². The molecule has 2 N–H and O–H groups in total. The van der Waals surface area contributed by atoms with Gasteiger partial charge in [-0.3, -0.25) is 9.69 Å². The van der Waals surface area contributed by atoms with Crippen LogP contribution in [0.1, 0.15) is 15.9 Å². The number of hydrogen-bond acceptors (Lipinski definition) is 4. The molecule has 148 valence electrons. The highest BCUT2D eigenvalue weighted by Gasteiger charge is 2.25. The molecule has 2 aromatic carbocycles. The van der Waals surface area contributed by atoms with Gasteiger partial charge in [-0.25, -0.2) is 13.6 Å². The lowest BCUT2D eigenvalue weighted by Crippen LogP contribution is -2.48. The third-order valence-corrected chi connectivity index (χ3v) is 4.52. The lowest BCUT2D eigenvalue weighted by atomic mass is 10.1. The summed E-state index contributed by atoms with van der Waals surface area (Å²) in [5.74, 6) is -1.51. The summed E-state index contributed by atoms with van der Waals surface area (Å²) in [7, 11) is 0. The van der Waals surface area contributed by atoms with Crippen LogP contribution in [0.2, 0.25) is 0 Å². The number of ether oxygens (including phenoxy) is 1. The Balaban J connectivity index is 1.91. The minimum atomic E-state index is -0.629. The van der Waals surface area contributed by atoms with Gasteiger partial charge in [0.25, 0.3) is 0 Å². The monoisotopic (exact) mass is 389 g/mol. The molecule has 2 aromatic rings. The molecule has 3 rings (SSSR count). The zero-order valence-corrected chi connectivity index (χ0v) is 15.2. The van der Waals surface area contributed by atoms with Gasteiger partial charge >= 0.3 is 6.03 Å². The van der Waals surface area contributed by atoms with Gasteiger partial charge in [-0.1, -0.05) is 18.2 Å². The lowest BCUT2D eigenvalue weighted by Gasteiger charge is -2.33. The van der Waals surface area contributed by atoms with E-state index in [9.17, 15) is 18.4 Å². The summed E-state index contributed by atoms with van der Waals surface area (Å²) in [4.78, 5) is 27.6. The maximum absolute atomic E-state index is 14.6.